The van der Waals surface area contributed by atoms with E-state index in [9.17, 15) is 8.42 Å². The van der Waals surface area contributed by atoms with Crippen LogP contribution in [0.4, 0.5) is 5.69 Å². The molecule has 0 spiro atoms. The maximum Gasteiger partial charge on any atom is 0.240 e. The molecule has 0 amide bonds. The van der Waals surface area contributed by atoms with Crippen molar-refractivity contribution in [3.05, 3.63) is 23.3 Å². The van der Waals surface area contributed by atoms with Gasteiger partial charge in [0.1, 0.15) is 0 Å². The molecule has 118 valence electrons. The fourth-order valence-corrected chi connectivity index (χ4v) is 4.09. The number of hydrogen-bond acceptors (Lipinski definition) is 3. The van der Waals surface area contributed by atoms with Gasteiger partial charge in [-0.05, 0) is 54.9 Å². The zero-order valence-electron chi connectivity index (χ0n) is 13.0. The number of nitrogen functional groups attached to an aromatic ring is 1. The van der Waals surface area contributed by atoms with E-state index in [4.69, 9.17) is 5.73 Å². The van der Waals surface area contributed by atoms with Gasteiger partial charge < -0.3 is 5.73 Å². The lowest BCUT2D eigenvalue weighted by atomic mass is 10.1. The normalized spacial score (nSPS) is 15.3. The number of sulfonamides is 1. The Morgan fingerprint density at radius 3 is 2.52 bits per heavy atom. The lowest BCUT2D eigenvalue weighted by Gasteiger charge is -2.14. The first-order valence-electron chi connectivity index (χ1n) is 7.88. The highest BCUT2D eigenvalue weighted by atomic mass is 32.2. The zero-order chi connectivity index (χ0) is 15.5. The molecule has 1 aromatic carbocycles. The molecule has 1 fully saturated rings. The average Bonchev–Trinajstić information content (AvgIpc) is 3.26. The lowest BCUT2D eigenvalue weighted by Crippen LogP contribution is -2.26. The summed E-state index contributed by atoms with van der Waals surface area (Å²) in [6.07, 6.45) is 6.05. The molecule has 0 aliphatic heterocycles. The third-order valence-corrected chi connectivity index (χ3v) is 5.66. The second-order valence-corrected chi connectivity index (χ2v) is 7.59. The van der Waals surface area contributed by atoms with Gasteiger partial charge >= 0.3 is 0 Å². The highest BCUT2D eigenvalue weighted by Gasteiger charge is 2.22. The third kappa shape index (κ3) is 4.20. The molecule has 0 bridgehead atoms. The Morgan fingerprint density at radius 1 is 1.24 bits per heavy atom. The van der Waals surface area contributed by atoms with Gasteiger partial charge in [0, 0.05) is 12.2 Å². The predicted octanol–water partition coefficient (Wildman–Crippen LogP) is 2.86. The van der Waals surface area contributed by atoms with Gasteiger partial charge in [0.2, 0.25) is 10.0 Å². The van der Waals surface area contributed by atoms with Crippen LogP contribution in [0.25, 0.3) is 0 Å². The van der Waals surface area contributed by atoms with E-state index in [2.05, 4.69) is 4.72 Å². The molecule has 21 heavy (non-hydrogen) atoms. The minimum Gasteiger partial charge on any atom is -0.398 e. The van der Waals surface area contributed by atoms with Crippen LogP contribution in [-0.2, 0) is 22.9 Å². The van der Waals surface area contributed by atoms with Gasteiger partial charge in [-0.1, -0.05) is 26.7 Å². The van der Waals surface area contributed by atoms with Crippen molar-refractivity contribution in [1.82, 2.24) is 4.72 Å². The van der Waals surface area contributed by atoms with E-state index < -0.39 is 10.0 Å². The number of nitrogens with one attached hydrogen (secondary N) is 1. The van der Waals surface area contributed by atoms with Crippen LogP contribution in [0, 0.1) is 5.92 Å². The first-order valence-corrected chi connectivity index (χ1v) is 9.37. The van der Waals surface area contributed by atoms with Gasteiger partial charge in [-0.2, -0.15) is 0 Å². The van der Waals surface area contributed by atoms with Crippen molar-refractivity contribution < 1.29 is 8.42 Å². The monoisotopic (exact) mass is 310 g/mol. The molecular formula is C16H26N2O2S. The minimum absolute atomic E-state index is 0.355. The molecule has 1 aliphatic rings. The summed E-state index contributed by atoms with van der Waals surface area (Å²) in [5.74, 6) is 0.833. The van der Waals surface area contributed by atoms with Crippen LogP contribution >= 0.6 is 0 Å². The Labute approximate surface area is 128 Å². The fraction of sp³-hybridized carbons (Fsp3) is 0.625. The van der Waals surface area contributed by atoms with E-state index in [0.29, 0.717) is 23.5 Å². The van der Waals surface area contributed by atoms with Gasteiger partial charge in [-0.15, -0.1) is 0 Å². The van der Waals surface area contributed by atoms with Gasteiger partial charge in [-0.25, -0.2) is 13.1 Å². The molecule has 1 saturated carbocycles. The van der Waals surface area contributed by atoms with Gasteiger partial charge in [0.15, 0.2) is 0 Å². The summed E-state index contributed by atoms with van der Waals surface area (Å²) in [4.78, 5) is 0.355. The number of hydrogen-bond donors (Lipinski definition) is 2. The van der Waals surface area contributed by atoms with E-state index in [1.54, 1.807) is 6.07 Å². The maximum atomic E-state index is 12.5. The topological polar surface area (TPSA) is 72.2 Å². The number of aryl methyl sites for hydroxylation is 1. The van der Waals surface area contributed by atoms with Gasteiger partial charge in [0.05, 0.1) is 4.90 Å². The van der Waals surface area contributed by atoms with Crippen molar-refractivity contribution in [2.24, 2.45) is 5.92 Å². The largest absolute Gasteiger partial charge is 0.398 e. The van der Waals surface area contributed by atoms with Gasteiger partial charge in [0.25, 0.3) is 0 Å². The van der Waals surface area contributed by atoms with E-state index in [0.717, 1.165) is 36.3 Å². The van der Waals surface area contributed by atoms with Crippen LogP contribution in [0.1, 0.15) is 50.7 Å². The Balaban J connectivity index is 2.14. The summed E-state index contributed by atoms with van der Waals surface area (Å²) >= 11 is 0. The average molecular weight is 310 g/mol. The highest BCUT2D eigenvalue weighted by Crippen LogP contribution is 2.33. The van der Waals surface area contributed by atoms with E-state index in [1.807, 2.05) is 19.9 Å². The lowest BCUT2D eigenvalue weighted by molar-refractivity contribution is 0.571. The smallest absolute Gasteiger partial charge is 0.240 e. The third-order valence-electron chi connectivity index (χ3n) is 4.13. The number of nitrogens with two attached hydrogens (primary N) is 1. The van der Waals surface area contributed by atoms with Gasteiger partial charge in [-0.3, -0.25) is 0 Å². The summed E-state index contributed by atoms with van der Waals surface area (Å²) in [5.41, 5.74) is 8.28. The van der Waals surface area contributed by atoms with Crippen LogP contribution in [0.3, 0.4) is 0 Å². The molecule has 4 nitrogen and oxygen atoms in total. The minimum atomic E-state index is -3.47. The molecular weight excluding hydrogens is 284 g/mol. The summed E-state index contributed by atoms with van der Waals surface area (Å²) in [6.45, 7) is 4.45. The van der Waals surface area contributed by atoms with Crippen molar-refractivity contribution in [3.8, 4) is 0 Å². The van der Waals surface area contributed by atoms with Crippen molar-refractivity contribution in [2.75, 3.05) is 12.3 Å². The molecule has 1 aliphatic carbocycles. The van der Waals surface area contributed by atoms with Crippen molar-refractivity contribution >= 4 is 15.7 Å². The van der Waals surface area contributed by atoms with Crippen LogP contribution in [0.5, 0.6) is 0 Å². The Morgan fingerprint density at radius 2 is 1.95 bits per heavy atom. The Bertz CT molecular complexity index is 593. The molecule has 5 heteroatoms. The Kier molecular flexibility index (Phi) is 5.27. The first kappa shape index (κ1) is 16.3. The number of rotatable bonds is 8. The quantitative estimate of drug-likeness (QED) is 0.573. The molecule has 0 unspecified atom stereocenters. The second-order valence-electron chi connectivity index (χ2n) is 5.85. The molecule has 0 radical (unpaired) electrons. The SMILES string of the molecule is CCc1cc(N)c(CC)c(S(=O)(=O)NCCCC2CC2)c1. The van der Waals surface area contributed by atoms with E-state index in [1.165, 1.54) is 12.8 Å². The van der Waals surface area contributed by atoms with Crippen molar-refractivity contribution in [3.63, 3.8) is 0 Å². The van der Waals surface area contributed by atoms with Crippen LogP contribution in [-0.4, -0.2) is 15.0 Å². The standard InChI is InChI=1S/C16H26N2O2S/c1-3-12-10-15(17)14(4-2)16(11-12)21(19,20)18-9-5-6-13-7-8-13/h10-11,13,18H,3-9,17H2,1-2H3. The molecule has 1 aromatic rings. The number of anilines is 1. The molecule has 0 heterocycles. The zero-order valence-corrected chi connectivity index (χ0v) is 13.8. The fourth-order valence-electron chi connectivity index (χ4n) is 2.63. The van der Waals surface area contributed by atoms with E-state index >= 15 is 0 Å². The Hall–Kier alpha value is -1.07. The molecule has 0 aromatic heterocycles. The summed E-state index contributed by atoms with van der Waals surface area (Å²) in [7, 11) is -3.47. The van der Waals surface area contributed by atoms with Crippen LogP contribution in [0.15, 0.2) is 17.0 Å². The number of benzene rings is 1. The highest BCUT2D eigenvalue weighted by molar-refractivity contribution is 7.89. The maximum absolute atomic E-state index is 12.5. The summed E-state index contributed by atoms with van der Waals surface area (Å²) in [5, 5.41) is 0. The molecule has 2 rings (SSSR count). The van der Waals surface area contributed by atoms with Crippen molar-refractivity contribution in [1.29, 1.82) is 0 Å². The predicted molar refractivity (Wildman–Crippen MR) is 86.8 cm³/mol. The molecule has 3 N–H and O–H groups in total. The van der Waals surface area contributed by atoms with Crippen LogP contribution < -0.4 is 10.5 Å². The summed E-state index contributed by atoms with van der Waals surface area (Å²) < 4.78 is 27.8. The second kappa shape index (κ2) is 6.79. The summed E-state index contributed by atoms with van der Waals surface area (Å²) in [6, 6.07) is 3.64. The first-order chi connectivity index (χ1) is 9.97. The van der Waals surface area contributed by atoms with E-state index in [-0.39, 0.29) is 0 Å². The molecule has 0 saturated heterocycles. The van der Waals surface area contributed by atoms with Crippen LogP contribution in [0.2, 0.25) is 0 Å². The molecule has 0 atom stereocenters. The van der Waals surface area contributed by atoms with Crippen molar-refractivity contribution in [2.45, 2.75) is 57.3 Å².